The smallest absolute Gasteiger partial charge is 0.303 e. The Morgan fingerprint density at radius 1 is 1.47 bits per heavy atom. The molecule has 0 bridgehead atoms. The fourth-order valence-electron chi connectivity index (χ4n) is 2.19. The van der Waals surface area contributed by atoms with Crippen LogP contribution in [0.2, 0.25) is 5.02 Å². The van der Waals surface area contributed by atoms with Crippen LogP contribution in [-0.2, 0) is 11.2 Å². The van der Waals surface area contributed by atoms with Crippen LogP contribution < -0.4 is 4.74 Å². The van der Waals surface area contributed by atoms with E-state index in [4.69, 9.17) is 21.4 Å². The molecule has 0 unspecified atom stereocenters. The van der Waals surface area contributed by atoms with Gasteiger partial charge in [-0.05, 0) is 48.4 Å². The average Bonchev–Trinajstić information content (AvgIpc) is 2.33. The molecular formula is C15H21ClO3. The van der Waals surface area contributed by atoms with Gasteiger partial charge in [-0.15, -0.1) is 0 Å². The summed E-state index contributed by atoms with van der Waals surface area (Å²) in [5.74, 6) is 0.385. The van der Waals surface area contributed by atoms with Crippen molar-refractivity contribution in [1.82, 2.24) is 0 Å². The average molecular weight is 285 g/mol. The van der Waals surface area contributed by atoms with Gasteiger partial charge in [0.1, 0.15) is 5.75 Å². The highest BCUT2D eigenvalue weighted by Crippen LogP contribution is 2.37. The van der Waals surface area contributed by atoms with E-state index < -0.39 is 5.97 Å². The number of carbonyl (C=O) groups is 1. The van der Waals surface area contributed by atoms with E-state index in [9.17, 15) is 4.79 Å². The number of carboxylic acid groups (broad SMARTS) is 1. The first kappa shape index (κ1) is 15.8. The van der Waals surface area contributed by atoms with Gasteiger partial charge < -0.3 is 9.84 Å². The lowest BCUT2D eigenvalue weighted by molar-refractivity contribution is -0.137. The van der Waals surface area contributed by atoms with Crippen molar-refractivity contribution in [2.24, 2.45) is 0 Å². The molecule has 0 atom stereocenters. The van der Waals surface area contributed by atoms with Crippen LogP contribution >= 0.6 is 11.6 Å². The fraction of sp³-hybridized carbons (Fsp3) is 0.533. The van der Waals surface area contributed by atoms with E-state index in [1.54, 1.807) is 7.11 Å². The van der Waals surface area contributed by atoms with Gasteiger partial charge in [0.2, 0.25) is 0 Å². The zero-order valence-electron chi connectivity index (χ0n) is 11.9. The summed E-state index contributed by atoms with van der Waals surface area (Å²) in [6.45, 7) is 6.13. The van der Waals surface area contributed by atoms with Gasteiger partial charge >= 0.3 is 5.97 Å². The SMILES string of the molecule is COc1c(C(C)C)cc(Cl)c(C)c1CCCC(=O)O. The number of halogens is 1. The highest BCUT2D eigenvalue weighted by molar-refractivity contribution is 6.31. The third-order valence-electron chi connectivity index (χ3n) is 3.27. The van der Waals surface area contributed by atoms with Crippen LogP contribution in [0.5, 0.6) is 5.75 Å². The van der Waals surface area contributed by atoms with Gasteiger partial charge in [0.25, 0.3) is 0 Å². The van der Waals surface area contributed by atoms with Gasteiger partial charge in [0, 0.05) is 11.4 Å². The zero-order chi connectivity index (χ0) is 14.6. The number of hydrogen-bond donors (Lipinski definition) is 1. The van der Waals surface area contributed by atoms with E-state index in [0.29, 0.717) is 18.8 Å². The second-order valence-electron chi connectivity index (χ2n) is 4.99. The maximum absolute atomic E-state index is 10.6. The molecule has 0 amide bonds. The molecular weight excluding hydrogens is 264 g/mol. The summed E-state index contributed by atoms with van der Waals surface area (Å²) in [5.41, 5.74) is 3.08. The Hall–Kier alpha value is -1.22. The summed E-state index contributed by atoms with van der Waals surface area (Å²) in [6, 6.07) is 1.95. The molecule has 0 aromatic heterocycles. The zero-order valence-corrected chi connectivity index (χ0v) is 12.7. The quantitative estimate of drug-likeness (QED) is 0.852. The number of rotatable bonds is 6. The number of ether oxygens (including phenoxy) is 1. The molecule has 1 rings (SSSR count). The Morgan fingerprint density at radius 2 is 2.11 bits per heavy atom. The summed E-state index contributed by atoms with van der Waals surface area (Å²) in [7, 11) is 1.65. The Balaban J connectivity index is 3.15. The highest BCUT2D eigenvalue weighted by atomic mass is 35.5. The maximum Gasteiger partial charge on any atom is 0.303 e. The molecule has 0 saturated carbocycles. The monoisotopic (exact) mass is 284 g/mol. The van der Waals surface area contributed by atoms with Crippen molar-refractivity contribution in [3.63, 3.8) is 0 Å². The minimum atomic E-state index is -0.775. The molecule has 0 fully saturated rings. The molecule has 3 nitrogen and oxygen atoms in total. The Labute approximate surface area is 119 Å². The molecule has 0 spiro atoms. The Bertz CT molecular complexity index is 467. The first-order chi connectivity index (χ1) is 8.88. The predicted octanol–water partition coefficient (Wildman–Crippen LogP) is 4.19. The van der Waals surface area contributed by atoms with Crippen LogP contribution in [0.25, 0.3) is 0 Å². The van der Waals surface area contributed by atoms with Crippen LogP contribution in [0.1, 0.15) is 49.3 Å². The molecule has 1 aromatic rings. The van der Waals surface area contributed by atoms with E-state index in [2.05, 4.69) is 13.8 Å². The summed E-state index contributed by atoms with van der Waals surface area (Å²) in [6.07, 6.45) is 1.41. The number of hydrogen-bond acceptors (Lipinski definition) is 2. The van der Waals surface area contributed by atoms with Crippen molar-refractivity contribution < 1.29 is 14.6 Å². The second-order valence-corrected chi connectivity index (χ2v) is 5.39. The van der Waals surface area contributed by atoms with Crippen molar-refractivity contribution >= 4 is 17.6 Å². The van der Waals surface area contributed by atoms with E-state index in [1.807, 2.05) is 13.0 Å². The predicted molar refractivity (Wildman–Crippen MR) is 77.4 cm³/mol. The fourth-order valence-corrected chi connectivity index (χ4v) is 2.42. The molecule has 1 aromatic carbocycles. The van der Waals surface area contributed by atoms with Crippen molar-refractivity contribution in [2.45, 2.75) is 46.0 Å². The summed E-state index contributed by atoms with van der Waals surface area (Å²) < 4.78 is 5.53. The number of benzene rings is 1. The third-order valence-corrected chi connectivity index (χ3v) is 3.67. The molecule has 0 heterocycles. The van der Waals surface area contributed by atoms with E-state index in [-0.39, 0.29) is 6.42 Å². The van der Waals surface area contributed by atoms with Gasteiger partial charge in [-0.25, -0.2) is 0 Å². The van der Waals surface area contributed by atoms with Crippen molar-refractivity contribution in [2.75, 3.05) is 7.11 Å². The minimum absolute atomic E-state index is 0.159. The van der Waals surface area contributed by atoms with E-state index >= 15 is 0 Å². The van der Waals surface area contributed by atoms with Crippen LogP contribution in [0.3, 0.4) is 0 Å². The largest absolute Gasteiger partial charge is 0.496 e. The number of methoxy groups -OCH3 is 1. The minimum Gasteiger partial charge on any atom is -0.496 e. The lowest BCUT2D eigenvalue weighted by Gasteiger charge is -2.19. The lowest BCUT2D eigenvalue weighted by Crippen LogP contribution is -2.04. The summed E-state index contributed by atoms with van der Waals surface area (Å²) >= 11 is 6.26. The molecule has 0 saturated heterocycles. The topological polar surface area (TPSA) is 46.5 Å². The first-order valence-corrected chi connectivity index (χ1v) is 6.83. The molecule has 106 valence electrons. The highest BCUT2D eigenvalue weighted by Gasteiger charge is 2.17. The Morgan fingerprint density at radius 3 is 2.58 bits per heavy atom. The van der Waals surface area contributed by atoms with Gasteiger partial charge in [0.15, 0.2) is 0 Å². The Kier molecular flexibility index (Phi) is 5.67. The molecule has 4 heteroatoms. The van der Waals surface area contributed by atoms with Gasteiger partial charge in [-0.1, -0.05) is 25.4 Å². The van der Waals surface area contributed by atoms with Crippen molar-refractivity contribution in [1.29, 1.82) is 0 Å². The van der Waals surface area contributed by atoms with Crippen molar-refractivity contribution in [3.8, 4) is 5.75 Å². The number of aliphatic carboxylic acids is 1. The molecule has 1 N–H and O–H groups in total. The van der Waals surface area contributed by atoms with Gasteiger partial charge in [0.05, 0.1) is 7.11 Å². The normalized spacial score (nSPS) is 10.8. The molecule has 0 aliphatic rings. The maximum atomic E-state index is 10.6. The van der Waals surface area contributed by atoms with E-state index in [1.165, 1.54) is 0 Å². The van der Waals surface area contributed by atoms with Crippen LogP contribution in [0.4, 0.5) is 0 Å². The third kappa shape index (κ3) is 3.87. The van der Waals surface area contributed by atoms with E-state index in [0.717, 1.165) is 27.5 Å². The summed E-state index contributed by atoms with van der Waals surface area (Å²) in [5, 5.41) is 9.44. The van der Waals surface area contributed by atoms with Crippen LogP contribution in [0, 0.1) is 6.92 Å². The molecule has 0 radical (unpaired) electrons. The second kappa shape index (κ2) is 6.80. The summed E-state index contributed by atoms with van der Waals surface area (Å²) in [4.78, 5) is 10.6. The lowest BCUT2D eigenvalue weighted by atomic mass is 9.93. The van der Waals surface area contributed by atoms with Gasteiger partial charge in [-0.3, -0.25) is 4.79 Å². The van der Waals surface area contributed by atoms with Crippen molar-refractivity contribution in [3.05, 3.63) is 27.8 Å². The van der Waals surface area contributed by atoms with Gasteiger partial charge in [-0.2, -0.15) is 0 Å². The molecule has 0 aliphatic carbocycles. The first-order valence-electron chi connectivity index (χ1n) is 6.46. The molecule has 0 aliphatic heterocycles. The van der Waals surface area contributed by atoms with Crippen LogP contribution in [-0.4, -0.2) is 18.2 Å². The van der Waals surface area contributed by atoms with Crippen LogP contribution in [0.15, 0.2) is 6.07 Å². The standard InChI is InChI=1S/C15H21ClO3/c1-9(2)12-8-13(16)10(3)11(15(12)19-4)6-5-7-14(17)18/h8-9H,5-7H2,1-4H3,(H,17,18). The number of carboxylic acids is 1. The molecule has 19 heavy (non-hydrogen) atoms.